The molecule has 0 fully saturated rings. The molecular formula is C13H27N. The summed E-state index contributed by atoms with van der Waals surface area (Å²) < 4.78 is 0. The van der Waals surface area contributed by atoms with Gasteiger partial charge in [0, 0.05) is 0 Å². The van der Waals surface area contributed by atoms with Gasteiger partial charge in [0.05, 0.1) is 0 Å². The molecule has 0 bridgehead atoms. The van der Waals surface area contributed by atoms with E-state index in [0.29, 0.717) is 0 Å². The lowest BCUT2D eigenvalue weighted by atomic mass is 9.84. The summed E-state index contributed by atoms with van der Waals surface area (Å²) in [5.41, 5.74) is 0. The smallest absolute Gasteiger partial charge is 0.00476 e. The first-order valence-corrected chi connectivity index (χ1v) is 6.25. The fraction of sp³-hybridized carbons (Fsp3) is 0.923. The Balaban J connectivity index is 3.66. The van der Waals surface area contributed by atoms with Crippen LogP contribution in [0.2, 0.25) is 0 Å². The Morgan fingerprint density at radius 1 is 1.14 bits per heavy atom. The monoisotopic (exact) mass is 197 g/mol. The topological polar surface area (TPSA) is 23.9 Å². The molecule has 0 aliphatic carbocycles. The zero-order chi connectivity index (χ0) is 10.8. The first kappa shape index (κ1) is 13.7. The Hall–Kier alpha value is -0.330. The summed E-state index contributed by atoms with van der Waals surface area (Å²) in [5, 5.41) is 7.05. The van der Waals surface area contributed by atoms with Crippen LogP contribution in [0.4, 0.5) is 0 Å². The molecule has 0 aromatic carbocycles. The zero-order valence-corrected chi connectivity index (χ0v) is 10.2. The first-order valence-electron chi connectivity index (χ1n) is 6.25. The van der Waals surface area contributed by atoms with Crippen molar-refractivity contribution in [1.29, 1.82) is 5.41 Å². The normalized spacial score (nSPS) is 15.1. The number of rotatable bonds is 9. The van der Waals surface area contributed by atoms with Crippen molar-refractivity contribution in [1.82, 2.24) is 0 Å². The molecule has 0 rings (SSSR count). The summed E-state index contributed by atoms with van der Waals surface area (Å²) in [6.07, 6.45) is 10.5. The maximum Gasteiger partial charge on any atom is -0.00476 e. The van der Waals surface area contributed by atoms with Crippen LogP contribution in [0.5, 0.6) is 0 Å². The Bertz CT molecular complexity index is 131. The van der Waals surface area contributed by atoms with E-state index in [4.69, 9.17) is 5.41 Å². The van der Waals surface area contributed by atoms with Gasteiger partial charge in [-0.25, -0.2) is 0 Å². The Labute approximate surface area is 89.8 Å². The van der Waals surface area contributed by atoms with Crippen LogP contribution >= 0.6 is 0 Å². The van der Waals surface area contributed by atoms with Gasteiger partial charge < -0.3 is 5.41 Å². The SMILES string of the molecule is CCCCCC(C)C(CC)CCC=N. The molecule has 0 spiro atoms. The van der Waals surface area contributed by atoms with Gasteiger partial charge in [0.25, 0.3) is 0 Å². The van der Waals surface area contributed by atoms with Gasteiger partial charge in [-0.1, -0.05) is 52.9 Å². The highest BCUT2D eigenvalue weighted by molar-refractivity contribution is 5.52. The lowest BCUT2D eigenvalue weighted by Crippen LogP contribution is -2.11. The molecule has 0 saturated heterocycles. The molecule has 14 heavy (non-hydrogen) atoms. The third-order valence-corrected chi connectivity index (χ3v) is 3.27. The van der Waals surface area contributed by atoms with Crippen molar-refractivity contribution < 1.29 is 0 Å². The summed E-state index contributed by atoms with van der Waals surface area (Å²) in [6, 6.07) is 0. The second-order valence-corrected chi connectivity index (χ2v) is 4.42. The molecule has 0 aliphatic rings. The molecular weight excluding hydrogens is 170 g/mol. The summed E-state index contributed by atoms with van der Waals surface area (Å²) in [4.78, 5) is 0. The second-order valence-electron chi connectivity index (χ2n) is 4.42. The van der Waals surface area contributed by atoms with Crippen LogP contribution in [-0.4, -0.2) is 6.21 Å². The summed E-state index contributed by atoms with van der Waals surface area (Å²) >= 11 is 0. The van der Waals surface area contributed by atoms with E-state index in [0.717, 1.165) is 18.3 Å². The number of unbranched alkanes of at least 4 members (excludes halogenated alkanes) is 2. The molecule has 0 radical (unpaired) electrons. The van der Waals surface area contributed by atoms with E-state index in [-0.39, 0.29) is 0 Å². The third kappa shape index (κ3) is 6.17. The van der Waals surface area contributed by atoms with Crippen molar-refractivity contribution in [2.45, 2.75) is 65.7 Å². The minimum atomic E-state index is 0.841. The van der Waals surface area contributed by atoms with Gasteiger partial charge in [0.2, 0.25) is 0 Å². The first-order chi connectivity index (χ1) is 6.76. The van der Waals surface area contributed by atoms with E-state index in [1.165, 1.54) is 38.5 Å². The minimum absolute atomic E-state index is 0.841. The van der Waals surface area contributed by atoms with Gasteiger partial charge >= 0.3 is 0 Å². The molecule has 2 atom stereocenters. The highest BCUT2D eigenvalue weighted by Crippen LogP contribution is 2.25. The molecule has 0 aliphatic heterocycles. The predicted octanol–water partition coefficient (Wildman–Crippen LogP) is 4.66. The molecule has 0 amide bonds. The van der Waals surface area contributed by atoms with Crippen LogP contribution in [0.25, 0.3) is 0 Å². The molecule has 0 aromatic heterocycles. The average Bonchev–Trinajstić information content (AvgIpc) is 2.19. The highest BCUT2D eigenvalue weighted by Gasteiger charge is 2.13. The summed E-state index contributed by atoms with van der Waals surface area (Å²) in [6.45, 7) is 6.93. The highest BCUT2D eigenvalue weighted by atomic mass is 14.3. The van der Waals surface area contributed by atoms with Crippen LogP contribution in [0.15, 0.2) is 0 Å². The van der Waals surface area contributed by atoms with E-state index >= 15 is 0 Å². The van der Waals surface area contributed by atoms with Crippen LogP contribution in [0.1, 0.15) is 65.7 Å². The lowest BCUT2D eigenvalue weighted by Gasteiger charge is -2.21. The van der Waals surface area contributed by atoms with E-state index in [1.54, 1.807) is 6.21 Å². The maximum atomic E-state index is 7.05. The second kappa shape index (κ2) is 9.23. The van der Waals surface area contributed by atoms with Crippen molar-refractivity contribution >= 4 is 6.21 Å². The zero-order valence-electron chi connectivity index (χ0n) is 10.2. The van der Waals surface area contributed by atoms with Crippen LogP contribution in [0, 0.1) is 17.2 Å². The van der Waals surface area contributed by atoms with Crippen molar-refractivity contribution in [3.05, 3.63) is 0 Å². The molecule has 0 heterocycles. The Morgan fingerprint density at radius 2 is 1.86 bits per heavy atom. The fourth-order valence-electron chi connectivity index (χ4n) is 2.14. The molecule has 1 N–H and O–H groups in total. The van der Waals surface area contributed by atoms with Crippen molar-refractivity contribution in [2.24, 2.45) is 11.8 Å². The van der Waals surface area contributed by atoms with Crippen LogP contribution in [0.3, 0.4) is 0 Å². The Morgan fingerprint density at radius 3 is 2.36 bits per heavy atom. The van der Waals surface area contributed by atoms with Gasteiger partial charge in [-0.15, -0.1) is 0 Å². The molecule has 1 nitrogen and oxygen atoms in total. The quantitative estimate of drug-likeness (QED) is 0.410. The van der Waals surface area contributed by atoms with E-state index in [1.807, 2.05) is 0 Å². The fourth-order valence-corrected chi connectivity index (χ4v) is 2.14. The van der Waals surface area contributed by atoms with Gasteiger partial charge in [-0.05, 0) is 30.9 Å². The van der Waals surface area contributed by atoms with E-state index in [2.05, 4.69) is 20.8 Å². The third-order valence-electron chi connectivity index (χ3n) is 3.27. The van der Waals surface area contributed by atoms with Crippen molar-refractivity contribution in [2.75, 3.05) is 0 Å². The van der Waals surface area contributed by atoms with Crippen LogP contribution < -0.4 is 0 Å². The number of nitrogens with one attached hydrogen (secondary N) is 1. The van der Waals surface area contributed by atoms with Gasteiger partial charge in [0.1, 0.15) is 0 Å². The van der Waals surface area contributed by atoms with Crippen molar-refractivity contribution in [3.63, 3.8) is 0 Å². The molecule has 1 heteroatoms. The molecule has 84 valence electrons. The largest absolute Gasteiger partial charge is 0.313 e. The van der Waals surface area contributed by atoms with Gasteiger partial charge in [-0.2, -0.15) is 0 Å². The summed E-state index contributed by atoms with van der Waals surface area (Å²) in [5.74, 6) is 1.69. The predicted molar refractivity (Wildman–Crippen MR) is 65.1 cm³/mol. The Kier molecular flexibility index (Phi) is 9.02. The van der Waals surface area contributed by atoms with Gasteiger partial charge in [-0.3, -0.25) is 0 Å². The average molecular weight is 197 g/mol. The minimum Gasteiger partial charge on any atom is -0.313 e. The maximum absolute atomic E-state index is 7.05. The van der Waals surface area contributed by atoms with Gasteiger partial charge in [0.15, 0.2) is 0 Å². The van der Waals surface area contributed by atoms with E-state index in [9.17, 15) is 0 Å². The van der Waals surface area contributed by atoms with Crippen LogP contribution in [-0.2, 0) is 0 Å². The van der Waals surface area contributed by atoms with E-state index < -0.39 is 0 Å². The summed E-state index contributed by atoms with van der Waals surface area (Å²) in [7, 11) is 0. The molecule has 2 unspecified atom stereocenters. The lowest BCUT2D eigenvalue weighted by molar-refractivity contribution is 0.305. The molecule has 0 aromatic rings. The number of hydrogen-bond donors (Lipinski definition) is 1. The van der Waals surface area contributed by atoms with Crippen molar-refractivity contribution in [3.8, 4) is 0 Å². The number of hydrogen-bond acceptors (Lipinski definition) is 1. The molecule has 0 saturated carbocycles. The standard InChI is InChI=1S/C13H27N/c1-4-6-7-9-12(3)13(5-2)10-8-11-14/h11-14H,4-10H2,1-3H3.